The number of fused-ring (bicyclic) bond motifs is 1. The van der Waals surface area contributed by atoms with Crippen LogP contribution in [0.25, 0.3) is 16.9 Å². The second-order valence-corrected chi connectivity index (χ2v) is 14.4. The summed E-state index contributed by atoms with van der Waals surface area (Å²) in [7, 11) is 1.94. The largest absolute Gasteiger partial charge is 0.434 e. The van der Waals surface area contributed by atoms with E-state index in [0.29, 0.717) is 64.4 Å². The molecule has 3 aromatic heterocycles. The number of carbonyl (C=O) groups is 3. The lowest BCUT2D eigenvalue weighted by molar-refractivity contribution is -0.138. The number of alkyl halides is 2. The van der Waals surface area contributed by atoms with Gasteiger partial charge in [0.25, 0.3) is 5.91 Å². The summed E-state index contributed by atoms with van der Waals surface area (Å²) in [6, 6.07) is 6.66. The van der Waals surface area contributed by atoms with Crippen LogP contribution in [-0.4, -0.2) is 128 Å². The molecule has 1 aromatic carbocycles. The Labute approximate surface area is 298 Å². The number of nitrogens with one attached hydrogen (secondary N) is 1. The van der Waals surface area contributed by atoms with E-state index in [0.717, 1.165) is 4.90 Å². The van der Waals surface area contributed by atoms with Crippen LogP contribution in [0, 0.1) is 0 Å². The molecular formula is C34H41F2N9O5S. The van der Waals surface area contributed by atoms with Crippen LogP contribution >= 0.6 is 11.8 Å². The van der Waals surface area contributed by atoms with Crippen LogP contribution < -0.4 is 10.1 Å². The number of morpholine rings is 1. The number of halogens is 2. The number of aromatic nitrogens is 5. The van der Waals surface area contributed by atoms with Crippen LogP contribution in [0.4, 0.5) is 14.5 Å². The predicted octanol–water partition coefficient (Wildman–Crippen LogP) is 3.73. The summed E-state index contributed by atoms with van der Waals surface area (Å²) < 4.78 is 40.2. The van der Waals surface area contributed by atoms with Gasteiger partial charge in [0.1, 0.15) is 23.6 Å². The van der Waals surface area contributed by atoms with Gasteiger partial charge in [-0.25, -0.2) is 9.50 Å². The summed E-state index contributed by atoms with van der Waals surface area (Å²) in [5, 5.41) is 11.9. The second kappa shape index (κ2) is 16.2. The molecule has 3 amide bonds. The van der Waals surface area contributed by atoms with Crippen molar-refractivity contribution in [2.75, 3.05) is 58.3 Å². The fourth-order valence-corrected chi connectivity index (χ4v) is 7.13. The van der Waals surface area contributed by atoms with Crippen molar-refractivity contribution in [2.24, 2.45) is 0 Å². The van der Waals surface area contributed by atoms with Crippen molar-refractivity contribution in [2.45, 2.75) is 56.0 Å². The molecule has 14 nitrogen and oxygen atoms in total. The fraction of sp³-hybridized carbons (Fsp3) is 0.471. The maximum Gasteiger partial charge on any atom is 0.387 e. The predicted molar refractivity (Wildman–Crippen MR) is 186 cm³/mol. The maximum atomic E-state index is 13.6. The van der Waals surface area contributed by atoms with Crippen molar-refractivity contribution in [3.05, 3.63) is 54.6 Å². The Bertz CT molecular complexity index is 1850. The van der Waals surface area contributed by atoms with Crippen molar-refractivity contribution < 1.29 is 32.6 Å². The zero-order valence-corrected chi connectivity index (χ0v) is 29.5. The number of ether oxygens (including phenoxy) is 2. The second-order valence-electron chi connectivity index (χ2n) is 12.7. The average Bonchev–Trinajstić information content (AvgIpc) is 3.73. The fourth-order valence-electron chi connectivity index (χ4n) is 6.26. The summed E-state index contributed by atoms with van der Waals surface area (Å²) >= 11 is 1.53. The van der Waals surface area contributed by atoms with Crippen molar-refractivity contribution in [3.63, 3.8) is 0 Å². The molecule has 51 heavy (non-hydrogen) atoms. The number of likely N-dealkylation sites (tertiary alicyclic amines) is 1. The Balaban J connectivity index is 1.21. The summed E-state index contributed by atoms with van der Waals surface area (Å²) in [6.45, 7) is 4.38. The number of piperidine rings is 1. The highest BCUT2D eigenvalue weighted by Crippen LogP contribution is 2.39. The molecule has 0 unspecified atom stereocenters. The monoisotopic (exact) mass is 725 g/mol. The van der Waals surface area contributed by atoms with E-state index in [1.807, 2.05) is 25.8 Å². The Kier molecular flexibility index (Phi) is 11.5. The normalized spacial score (nSPS) is 15.7. The van der Waals surface area contributed by atoms with Gasteiger partial charge in [-0.2, -0.15) is 19.0 Å². The number of likely N-dealkylation sites (N-methyl/N-ethyl adjacent to an activating group) is 1. The third kappa shape index (κ3) is 8.83. The smallest absolute Gasteiger partial charge is 0.387 e. The minimum Gasteiger partial charge on any atom is -0.434 e. The van der Waals surface area contributed by atoms with E-state index in [4.69, 9.17) is 9.47 Å². The number of carbonyl (C=O) groups excluding carboxylic acids is 3. The van der Waals surface area contributed by atoms with Gasteiger partial charge in [-0.1, -0.05) is 13.8 Å². The van der Waals surface area contributed by atoms with Gasteiger partial charge in [0.2, 0.25) is 11.8 Å². The van der Waals surface area contributed by atoms with Gasteiger partial charge in [-0.05, 0) is 44.2 Å². The SMILES string of the molecule is CC(C)Sc1ccc(OC(F)F)c(-c2nn(CC(=O)N3CCC(N(C)CC(=O)N4CCOCC4)CC3)cc2NC(=O)c2cnn3cccnc23)c1. The molecule has 0 aliphatic carbocycles. The van der Waals surface area contributed by atoms with Crippen LogP contribution in [0.3, 0.4) is 0 Å². The standard InChI is InChI=1S/C34H41F2N9O5S/c1-22(2)51-24-5-6-28(50-34(35)36)25(17-24)31-27(39-33(48)26-18-38-45-10-4-9-37-32(26)45)19-44(40-31)21-30(47)42-11-7-23(8-12-42)41(3)20-29(46)43-13-15-49-16-14-43/h4-6,9-10,17-19,22-23,34H,7-8,11-16,20-21H2,1-3H3,(H,39,48). The van der Waals surface area contributed by atoms with Crippen LogP contribution in [0.1, 0.15) is 37.0 Å². The van der Waals surface area contributed by atoms with E-state index in [9.17, 15) is 23.2 Å². The van der Waals surface area contributed by atoms with Crippen molar-refractivity contribution in [3.8, 4) is 17.0 Å². The summed E-state index contributed by atoms with van der Waals surface area (Å²) in [6.07, 6.45) is 7.50. The van der Waals surface area contributed by atoms with E-state index >= 15 is 0 Å². The van der Waals surface area contributed by atoms with E-state index < -0.39 is 12.5 Å². The van der Waals surface area contributed by atoms with Crippen LogP contribution in [0.15, 0.2) is 53.9 Å². The van der Waals surface area contributed by atoms with Crippen molar-refractivity contribution >= 4 is 40.8 Å². The summed E-state index contributed by atoms with van der Waals surface area (Å²) in [5.74, 6) is -0.781. The zero-order valence-electron chi connectivity index (χ0n) is 28.7. The first-order valence-corrected chi connectivity index (χ1v) is 17.7. The van der Waals surface area contributed by atoms with Gasteiger partial charge in [0.15, 0.2) is 5.65 Å². The first kappa shape index (κ1) is 36.2. The summed E-state index contributed by atoms with van der Waals surface area (Å²) in [4.78, 5) is 50.6. The van der Waals surface area contributed by atoms with Gasteiger partial charge < -0.3 is 24.6 Å². The first-order valence-electron chi connectivity index (χ1n) is 16.8. The molecule has 6 rings (SSSR count). The average molecular weight is 726 g/mol. The molecule has 5 heterocycles. The molecule has 0 saturated carbocycles. The number of thioether (sulfide) groups is 1. The molecule has 17 heteroatoms. The Morgan fingerprint density at radius 3 is 2.57 bits per heavy atom. The van der Waals surface area contributed by atoms with Crippen LogP contribution in [0.5, 0.6) is 5.75 Å². The molecule has 2 saturated heterocycles. The number of anilines is 1. The van der Waals surface area contributed by atoms with Gasteiger partial charge in [0, 0.05) is 66.5 Å². The topological polar surface area (TPSA) is 139 Å². The van der Waals surface area contributed by atoms with E-state index in [2.05, 4.69) is 25.4 Å². The van der Waals surface area contributed by atoms with Gasteiger partial charge in [-0.3, -0.25) is 24.0 Å². The van der Waals surface area contributed by atoms with Crippen molar-refractivity contribution in [1.29, 1.82) is 0 Å². The molecule has 0 atom stereocenters. The lowest BCUT2D eigenvalue weighted by Gasteiger charge is -2.37. The van der Waals surface area contributed by atoms with Gasteiger partial charge in [0.05, 0.1) is 31.6 Å². The highest BCUT2D eigenvalue weighted by Gasteiger charge is 2.29. The third-order valence-corrected chi connectivity index (χ3v) is 9.81. The molecule has 0 bridgehead atoms. The molecule has 0 spiro atoms. The minimum absolute atomic E-state index is 0.0740. The Morgan fingerprint density at radius 2 is 1.84 bits per heavy atom. The van der Waals surface area contributed by atoms with Crippen molar-refractivity contribution in [1.82, 2.24) is 39.1 Å². The lowest BCUT2D eigenvalue weighted by atomic mass is 10.0. The van der Waals surface area contributed by atoms with Crippen LogP contribution in [0.2, 0.25) is 0 Å². The Morgan fingerprint density at radius 1 is 1.10 bits per heavy atom. The van der Waals surface area contributed by atoms with Crippen LogP contribution in [-0.2, 0) is 20.9 Å². The highest BCUT2D eigenvalue weighted by molar-refractivity contribution is 7.99. The highest BCUT2D eigenvalue weighted by atomic mass is 32.2. The Hall–Kier alpha value is -4.61. The molecule has 272 valence electrons. The number of rotatable bonds is 12. The molecule has 4 aromatic rings. The number of benzene rings is 1. The third-order valence-electron chi connectivity index (χ3n) is 8.81. The molecule has 2 aliphatic rings. The quantitative estimate of drug-likeness (QED) is 0.215. The number of amides is 3. The number of hydrogen-bond donors (Lipinski definition) is 1. The molecular weight excluding hydrogens is 684 g/mol. The van der Waals surface area contributed by atoms with Gasteiger partial charge in [-0.15, -0.1) is 11.8 Å². The molecule has 1 N–H and O–H groups in total. The number of hydrogen-bond acceptors (Lipinski definition) is 10. The molecule has 0 radical (unpaired) electrons. The minimum atomic E-state index is -3.10. The zero-order chi connectivity index (χ0) is 36.1. The lowest BCUT2D eigenvalue weighted by Crippen LogP contribution is -2.50. The van der Waals surface area contributed by atoms with Gasteiger partial charge >= 0.3 is 6.61 Å². The summed E-state index contributed by atoms with van der Waals surface area (Å²) in [5.41, 5.74) is 1.11. The van der Waals surface area contributed by atoms with E-state index in [1.165, 1.54) is 39.4 Å². The van der Waals surface area contributed by atoms with E-state index in [-0.39, 0.29) is 57.9 Å². The maximum absolute atomic E-state index is 13.6. The molecule has 2 aliphatic heterocycles. The molecule has 2 fully saturated rings. The van der Waals surface area contributed by atoms with E-state index in [1.54, 1.807) is 35.5 Å². The number of nitrogens with zero attached hydrogens (tertiary/aromatic N) is 8. The first-order chi connectivity index (χ1) is 24.5.